The average Bonchev–Trinajstić information content (AvgIpc) is 2.30. The van der Waals surface area contributed by atoms with Gasteiger partial charge >= 0.3 is 0 Å². The topological polar surface area (TPSA) is 21.3 Å². The molecule has 0 saturated carbocycles. The van der Waals surface area contributed by atoms with Crippen LogP contribution in [0.3, 0.4) is 0 Å². The Morgan fingerprint density at radius 3 is 2.76 bits per heavy atom. The average molecular weight is 256 g/mol. The minimum atomic E-state index is 0.782. The summed E-state index contributed by atoms with van der Waals surface area (Å²) < 4.78 is 4.96. The van der Waals surface area contributed by atoms with Crippen LogP contribution in [-0.2, 0) is 11.2 Å². The first kappa shape index (κ1) is 14.5. The first-order chi connectivity index (χ1) is 8.24. The molecule has 1 aromatic carbocycles. The van der Waals surface area contributed by atoms with Crippen molar-refractivity contribution in [3.8, 4) is 0 Å². The van der Waals surface area contributed by atoms with Gasteiger partial charge in [-0.15, -0.1) is 0 Å². The van der Waals surface area contributed by atoms with E-state index < -0.39 is 0 Å². The summed E-state index contributed by atoms with van der Waals surface area (Å²) in [5.41, 5.74) is 2.48. The number of nitrogens with one attached hydrogen (secondary N) is 1. The molecule has 1 N–H and O–H groups in total. The number of halogens is 1. The summed E-state index contributed by atoms with van der Waals surface area (Å²) in [5.74, 6) is 0. The van der Waals surface area contributed by atoms with Crippen LogP contribution in [-0.4, -0.2) is 26.8 Å². The number of hydrogen-bond donors (Lipinski definition) is 1. The van der Waals surface area contributed by atoms with Crippen molar-refractivity contribution in [3.63, 3.8) is 0 Å². The third-order valence-corrected chi connectivity index (χ3v) is 3.09. The highest BCUT2D eigenvalue weighted by Gasteiger charge is 2.00. The molecule has 96 valence electrons. The molecule has 0 heterocycles. The Bertz CT molecular complexity index is 328. The maximum atomic E-state index is 6.18. The van der Waals surface area contributed by atoms with Crippen LogP contribution in [0.1, 0.15) is 24.0 Å². The van der Waals surface area contributed by atoms with Gasteiger partial charge < -0.3 is 10.1 Å². The molecular formula is C14H22ClNO. The van der Waals surface area contributed by atoms with Crippen LogP contribution in [0.2, 0.25) is 5.02 Å². The monoisotopic (exact) mass is 255 g/mol. The molecule has 0 aliphatic heterocycles. The van der Waals surface area contributed by atoms with Crippen molar-refractivity contribution < 1.29 is 4.74 Å². The van der Waals surface area contributed by atoms with E-state index in [4.69, 9.17) is 16.3 Å². The Morgan fingerprint density at radius 1 is 1.24 bits per heavy atom. The largest absolute Gasteiger partial charge is 0.383 e. The molecule has 1 rings (SSSR count). The molecule has 17 heavy (non-hydrogen) atoms. The van der Waals surface area contributed by atoms with E-state index in [1.165, 1.54) is 24.0 Å². The Labute approximate surface area is 109 Å². The van der Waals surface area contributed by atoms with E-state index in [1.807, 2.05) is 6.07 Å². The Morgan fingerprint density at radius 2 is 2.06 bits per heavy atom. The summed E-state index contributed by atoms with van der Waals surface area (Å²) in [5, 5.41) is 4.24. The lowest BCUT2D eigenvalue weighted by atomic mass is 10.1. The SMILES string of the molecule is COCCNCCCCc1ccc(C)cc1Cl. The summed E-state index contributed by atoms with van der Waals surface area (Å²) in [6, 6.07) is 6.29. The van der Waals surface area contributed by atoms with Crippen molar-refractivity contribution in [1.82, 2.24) is 5.32 Å². The van der Waals surface area contributed by atoms with Gasteiger partial charge in [-0.2, -0.15) is 0 Å². The highest BCUT2D eigenvalue weighted by atomic mass is 35.5. The van der Waals surface area contributed by atoms with Gasteiger partial charge in [0.15, 0.2) is 0 Å². The zero-order valence-electron chi connectivity index (χ0n) is 10.8. The van der Waals surface area contributed by atoms with E-state index in [2.05, 4.69) is 24.4 Å². The lowest BCUT2D eigenvalue weighted by Gasteiger charge is -2.06. The van der Waals surface area contributed by atoms with Gasteiger partial charge in [0.25, 0.3) is 0 Å². The predicted octanol–water partition coefficient (Wildman–Crippen LogP) is 3.21. The summed E-state index contributed by atoms with van der Waals surface area (Å²) in [6.45, 7) is 4.83. The van der Waals surface area contributed by atoms with E-state index in [9.17, 15) is 0 Å². The molecule has 0 aliphatic rings. The second-order valence-corrected chi connectivity index (χ2v) is 4.70. The molecule has 3 heteroatoms. The predicted molar refractivity (Wildman–Crippen MR) is 73.9 cm³/mol. The van der Waals surface area contributed by atoms with Crippen molar-refractivity contribution in [2.45, 2.75) is 26.2 Å². The molecule has 0 fully saturated rings. The van der Waals surface area contributed by atoms with Crippen molar-refractivity contribution in [1.29, 1.82) is 0 Å². The summed E-state index contributed by atoms with van der Waals surface area (Å²) in [7, 11) is 1.72. The van der Waals surface area contributed by atoms with Gasteiger partial charge in [-0.3, -0.25) is 0 Å². The number of unbranched alkanes of at least 4 members (excludes halogenated alkanes) is 1. The molecule has 0 radical (unpaired) electrons. The van der Waals surface area contributed by atoms with Gasteiger partial charge in [-0.25, -0.2) is 0 Å². The van der Waals surface area contributed by atoms with Gasteiger partial charge in [0.05, 0.1) is 6.61 Å². The highest BCUT2D eigenvalue weighted by molar-refractivity contribution is 6.31. The fraction of sp³-hybridized carbons (Fsp3) is 0.571. The maximum absolute atomic E-state index is 6.18. The molecule has 0 aliphatic carbocycles. The quantitative estimate of drug-likeness (QED) is 0.721. The van der Waals surface area contributed by atoms with Gasteiger partial charge in [-0.1, -0.05) is 23.7 Å². The molecule has 1 aromatic rings. The summed E-state index contributed by atoms with van der Waals surface area (Å²) >= 11 is 6.18. The number of hydrogen-bond acceptors (Lipinski definition) is 2. The number of ether oxygens (including phenoxy) is 1. The Hall–Kier alpha value is -0.570. The molecule has 0 bridgehead atoms. The van der Waals surface area contributed by atoms with Crippen molar-refractivity contribution in [2.24, 2.45) is 0 Å². The third-order valence-electron chi connectivity index (χ3n) is 2.74. The summed E-state index contributed by atoms with van der Waals surface area (Å²) in [6.07, 6.45) is 3.40. The van der Waals surface area contributed by atoms with Gasteiger partial charge in [-0.05, 0) is 49.9 Å². The smallest absolute Gasteiger partial charge is 0.0587 e. The second kappa shape index (κ2) is 8.51. The number of methoxy groups -OCH3 is 1. The van der Waals surface area contributed by atoms with E-state index in [1.54, 1.807) is 7.11 Å². The minimum Gasteiger partial charge on any atom is -0.383 e. The van der Waals surface area contributed by atoms with E-state index in [0.29, 0.717) is 0 Å². The lowest BCUT2D eigenvalue weighted by Crippen LogP contribution is -2.20. The fourth-order valence-corrected chi connectivity index (χ4v) is 2.05. The Kier molecular flexibility index (Phi) is 7.25. The first-order valence-corrected chi connectivity index (χ1v) is 6.56. The van der Waals surface area contributed by atoms with E-state index in [0.717, 1.165) is 31.1 Å². The van der Waals surface area contributed by atoms with Crippen LogP contribution >= 0.6 is 11.6 Å². The summed E-state index contributed by atoms with van der Waals surface area (Å²) in [4.78, 5) is 0. The third kappa shape index (κ3) is 6.06. The van der Waals surface area contributed by atoms with E-state index >= 15 is 0 Å². The first-order valence-electron chi connectivity index (χ1n) is 6.18. The molecule has 0 saturated heterocycles. The van der Waals surface area contributed by atoms with Gasteiger partial charge in [0, 0.05) is 18.7 Å². The normalized spacial score (nSPS) is 10.8. The molecule has 2 nitrogen and oxygen atoms in total. The van der Waals surface area contributed by atoms with Crippen LogP contribution in [0.15, 0.2) is 18.2 Å². The van der Waals surface area contributed by atoms with Gasteiger partial charge in [0.2, 0.25) is 0 Å². The van der Waals surface area contributed by atoms with Crippen LogP contribution < -0.4 is 5.32 Å². The molecule has 0 atom stereocenters. The zero-order chi connectivity index (χ0) is 12.5. The van der Waals surface area contributed by atoms with Crippen molar-refractivity contribution >= 4 is 11.6 Å². The zero-order valence-corrected chi connectivity index (χ0v) is 11.5. The second-order valence-electron chi connectivity index (χ2n) is 4.29. The van der Waals surface area contributed by atoms with Crippen LogP contribution in [0, 0.1) is 6.92 Å². The molecule has 0 unspecified atom stereocenters. The number of aryl methyl sites for hydroxylation is 2. The number of rotatable bonds is 8. The van der Waals surface area contributed by atoms with Crippen LogP contribution in [0.25, 0.3) is 0 Å². The molecule has 0 aromatic heterocycles. The highest BCUT2D eigenvalue weighted by Crippen LogP contribution is 2.19. The van der Waals surface area contributed by atoms with Crippen molar-refractivity contribution in [3.05, 3.63) is 34.3 Å². The minimum absolute atomic E-state index is 0.782. The van der Waals surface area contributed by atoms with Crippen LogP contribution in [0.4, 0.5) is 0 Å². The fourth-order valence-electron chi connectivity index (χ4n) is 1.72. The standard InChI is InChI=1S/C14H22ClNO/c1-12-6-7-13(14(15)11-12)5-3-4-8-16-9-10-17-2/h6-7,11,16H,3-5,8-10H2,1-2H3. The lowest BCUT2D eigenvalue weighted by molar-refractivity contribution is 0.199. The molecule has 0 amide bonds. The van der Waals surface area contributed by atoms with Crippen LogP contribution in [0.5, 0.6) is 0 Å². The molecule has 0 spiro atoms. The van der Waals surface area contributed by atoms with E-state index in [-0.39, 0.29) is 0 Å². The number of benzene rings is 1. The maximum Gasteiger partial charge on any atom is 0.0587 e. The van der Waals surface area contributed by atoms with Gasteiger partial charge in [0.1, 0.15) is 0 Å². The Balaban J connectivity index is 2.14. The van der Waals surface area contributed by atoms with Crippen molar-refractivity contribution in [2.75, 3.05) is 26.8 Å². The molecular weight excluding hydrogens is 234 g/mol.